The van der Waals surface area contributed by atoms with Crippen LogP contribution >= 0.6 is 0 Å². The van der Waals surface area contributed by atoms with Crippen molar-refractivity contribution in [1.29, 1.82) is 0 Å². The molecule has 1 spiro atoms. The third-order valence-corrected chi connectivity index (χ3v) is 5.73. The van der Waals surface area contributed by atoms with Crippen LogP contribution in [0, 0.1) is 12.8 Å². The fourth-order valence-electron chi connectivity index (χ4n) is 4.22. The summed E-state index contributed by atoms with van der Waals surface area (Å²) in [5.74, 6) is -0.350. The summed E-state index contributed by atoms with van der Waals surface area (Å²) in [4.78, 5) is 40.1. The van der Waals surface area contributed by atoms with E-state index in [1.165, 1.54) is 11.1 Å². The number of hydrogen-bond acceptors (Lipinski definition) is 4. The molecule has 1 saturated carbocycles. The third-order valence-electron chi connectivity index (χ3n) is 5.73. The van der Waals surface area contributed by atoms with E-state index in [0.29, 0.717) is 25.9 Å². The predicted octanol–water partition coefficient (Wildman–Crippen LogP) is 0.627. The van der Waals surface area contributed by atoms with Crippen molar-refractivity contribution in [2.45, 2.75) is 31.8 Å². The van der Waals surface area contributed by atoms with Gasteiger partial charge in [0.25, 0.3) is 5.91 Å². The monoisotopic (exact) mass is 356 g/mol. The van der Waals surface area contributed by atoms with Crippen LogP contribution in [0.2, 0.25) is 0 Å². The summed E-state index contributed by atoms with van der Waals surface area (Å²) in [6.07, 6.45) is 0.819. The average Bonchev–Trinajstić information content (AvgIpc) is 2.88. The van der Waals surface area contributed by atoms with Crippen molar-refractivity contribution in [2.75, 3.05) is 26.2 Å². The summed E-state index contributed by atoms with van der Waals surface area (Å²) in [5.41, 5.74) is 1.72. The second kappa shape index (κ2) is 6.39. The first kappa shape index (κ1) is 17.0. The molecule has 1 aliphatic carbocycles. The van der Waals surface area contributed by atoms with E-state index < -0.39 is 11.6 Å². The molecule has 0 atom stereocenters. The number of nitrogens with zero attached hydrogens (tertiary/aromatic N) is 2. The van der Waals surface area contributed by atoms with E-state index in [2.05, 4.69) is 46.7 Å². The number of urea groups is 1. The first-order chi connectivity index (χ1) is 12.4. The maximum Gasteiger partial charge on any atom is 0.322 e. The Balaban J connectivity index is 1.27. The maximum absolute atomic E-state index is 12.7. The molecule has 4 amide bonds. The number of imide groups is 1. The normalized spacial score (nSPS) is 28.7. The summed E-state index contributed by atoms with van der Waals surface area (Å²) >= 11 is 0. The van der Waals surface area contributed by atoms with Gasteiger partial charge >= 0.3 is 6.03 Å². The smallest absolute Gasteiger partial charge is 0.322 e. The van der Waals surface area contributed by atoms with E-state index in [9.17, 15) is 14.4 Å². The van der Waals surface area contributed by atoms with Crippen molar-refractivity contribution in [1.82, 2.24) is 20.4 Å². The van der Waals surface area contributed by atoms with E-state index in [0.717, 1.165) is 19.6 Å². The van der Waals surface area contributed by atoms with Gasteiger partial charge in [0.2, 0.25) is 5.91 Å². The van der Waals surface area contributed by atoms with Gasteiger partial charge in [-0.2, -0.15) is 0 Å². The molecule has 2 aliphatic heterocycles. The zero-order chi connectivity index (χ0) is 18.3. The molecular weight excluding hydrogens is 332 g/mol. The molecule has 3 fully saturated rings. The first-order valence-corrected chi connectivity index (χ1v) is 9.15. The van der Waals surface area contributed by atoms with Gasteiger partial charge < -0.3 is 10.2 Å². The molecule has 2 heterocycles. The van der Waals surface area contributed by atoms with Crippen LogP contribution in [0.5, 0.6) is 0 Å². The van der Waals surface area contributed by atoms with Crippen molar-refractivity contribution in [3.63, 3.8) is 0 Å². The Morgan fingerprint density at radius 2 is 1.92 bits per heavy atom. The van der Waals surface area contributed by atoms with Gasteiger partial charge in [-0.1, -0.05) is 29.8 Å². The quantitative estimate of drug-likeness (QED) is 0.779. The molecule has 2 N–H and O–H groups in total. The van der Waals surface area contributed by atoms with Gasteiger partial charge in [0.1, 0.15) is 5.54 Å². The summed E-state index contributed by atoms with van der Waals surface area (Å²) in [5, 5.41) is 4.93. The minimum atomic E-state index is -0.843. The molecule has 1 aromatic rings. The second-order valence-electron chi connectivity index (χ2n) is 7.69. The minimum absolute atomic E-state index is 0.111. The number of benzene rings is 1. The van der Waals surface area contributed by atoms with Crippen LogP contribution in [0.15, 0.2) is 24.3 Å². The van der Waals surface area contributed by atoms with Crippen molar-refractivity contribution in [3.8, 4) is 0 Å². The number of nitrogens with one attached hydrogen (secondary N) is 2. The highest BCUT2D eigenvalue weighted by Gasteiger charge is 2.57. The minimum Gasteiger partial charge on any atom is -0.340 e. The zero-order valence-electron chi connectivity index (χ0n) is 15.0. The maximum atomic E-state index is 12.7. The van der Waals surface area contributed by atoms with E-state index >= 15 is 0 Å². The lowest BCUT2D eigenvalue weighted by molar-refractivity contribution is -0.145. The van der Waals surface area contributed by atoms with Gasteiger partial charge in [0.05, 0.1) is 0 Å². The molecule has 2 saturated heterocycles. The number of rotatable bonds is 3. The second-order valence-corrected chi connectivity index (χ2v) is 7.69. The van der Waals surface area contributed by atoms with Crippen LogP contribution in [-0.4, -0.2) is 59.4 Å². The molecule has 0 radical (unpaired) electrons. The predicted molar refractivity (Wildman–Crippen MR) is 95.2 cm³/mol. The zero-order valence-corrected chi connectivity index (χ0v) is 15.0. The highest BCUT2D eigenvalue weighted by Crippen LogP contribution is 2.41. The molecule has 138 valence electrons. The molecule has 0 unspecified atom stereocenters. The highest BCUT2D eigenvalue weighted by atomic mass is 16.2. The molecule has 4 rings (SSSR count). The van der Waals surface area contributed by atoms with Crippen molar-refractivity contribution >= 4 is 17.8 Å². The van der Waals surface area contributed by atoms with Gasteiger partial charge in [-0.3, -0.25) is 19.8 Å². The van der Waals surface area contributed by atoms with Gasteiger partial charge in [0, 0.05) is 38.6 Å². The molecule has 0 aromatic heterocycles. The van der Waals surface area contributed by atoms with Crippen molar-refractivity contribution < 1.29 is 14.4 Å². The van der Waals surface area contributed by atoms with Crippen LogP contribution in [-0.2, 0) is 16.1 Å². The van der Waals surface area contributed by atoms with Crippen LogP contribution in [0.4, 0.5) is 4.79 Å². The molecule has 3 aliphatic rings. The summed E-state index contributed by atoms with van der Waals surface area (Å²) < 4.78 is 0. The highest BCUT2D eigenvalue weighted by molar-refractivity contribution is 6.08. The van der Waals surface area contributed by atoms with Gasteiger partial charge in [0.15, 0.2) is 0 Å². The number of carbonyl (C=O) groups excluding carboxylic acids is 3. The fraction of sp³-hybridized carbons (Fsp3) is 0.526. The third kappa shape index (κ3) is 3.07. The van der Waals surface area contributed by atoms with Crippen LogP contribution in [0.25, 0.3) is 0 Å². The Morgan fingerprint density at radius 1 is 1.19 bits per heavy atom. The standard InChI is InChI=1S/C19H24N4O3/c1-13-3-2-4-14(9-13)12-22-5-7-23(8-6-22)16(24)15-10-19(11-15)17(25)20-18(26)21-19/h2-4,9,15H,5-8,10-12H2,1H3,(H2,20,21,25,26). The molecular formula is C19H24N4O3. The Morgan fingerprint density at radius 3 is 2.54 bits per heavy atom. The average molecular weight is 356 g/mol. The van der Waals surface area contributed by atoms with Crippen LogP contribution in [0.3, 0.4) is 0 Å². The summed E-state index contributed by atoms with van der Waals surface area (Å²) in [7, 11) is 0. The Bertz CT molecular complexity index is 749. The summed E-state index contributed by atoms with van der Waals surface area (Å²) in [6, 6.07) is 8.06. The van der Waals surface area contributed by atoms with E-state index in [1.54, 1.807) is 0 Å². The SMILES string of the molecule is Cc1cccc(CN2CCN(C(=O)C3CC4(C3)NC(=O)NC4=O)CC2)c1. The van der Waals surface area contributed by atoms with Crippen molar-refractivity contribution in [3.05, 3.63) is 35.4 Å². The van der Waals surface area contributed by atoms with Crippen molar-refractivity contribution in [2.24, 2.45) is 5.92 Å². The number of piperazine rings is 1. The van der Waals surface area contributed by atoms with Gasteiger partial charge in [-0.15, -0.1) is 0 Å². The number of carbonyl (C=O) groups is 3. The number of hydrogen-bond donors (Lipinski definition) is 2. The lowest BCUT2D eigenvalue weighted by Gasteiger charge is -2.44. The first-order valence-electron chi connectivity index (χ1n) is 9.15. The number of aryl methyl sites for hydroxylation is 1. The van der Waals surface area contributed by atoms with Crippen LogP contribution < -0.4 is 10.6 Å². The largest absolute Gasteiger partial charge is 0.340 e. The van der Waals surface area contributed by atoms with E-state index in [1.807, 2.05) is 4.90 Å². The van der Waals surface area contributed by atoms with E-state index in [4.69, 9.17) is 0 Å². The fourth-order valence-corrected chi connectivity index (χ4v) is 4.22. The molecule has 1 aromatic carbocycles. The topological polar surface area (TPSA) is 81.8 Å². The summed E-state index contributed by atoms with van der Waals surface area (Å²) in [6.45, 7) is 6.14. The lowest BCUT2D eigenvalue weighted by atomic mass is 9.67. The van der Waals surface area contributed by atoms with E-state index in [-0.39, 0.29) is 17.7 Å². The number of amides is 4. The van der Waals surface area contributed by atoms with Gasteiger partial charge in [-0.05, 0) is 25.3 Å². The molecule has 26 heavy (non-hydrogen) atoms. The molecule has 0 bridgehead atoms. The van der Waals surface area contributed by atoms with Crippen LogP contribution in [0.1, 0.15) is 24.0 Å². The van der Waals surface area contributed by atoms with Gasteiger partial charge in [-0.25, -0.2) is 4.79 Å². The Labute approximate surface area is 152 Å². The Hall–Kier alpha value is -2.41. The lowest BCUT2D eigenvalue weighted by Crippen LogP contribution is -2.61. The molecule has 7 nitrogen and oxygen atoms in total. The molecule has 7 heteroatoms. The Kier molecular flexibility index (Phi) is 4.19.